The Morgan fingerprint density at radius 2 is 1.69 bits per heavy atom. The summed E-state index contributed by atoms with van der Waals surface area (Å²) in [4.78, 5) is 29.7. The van der Waals surface area contributed by atoms with Crippen LogP contribution in [0.15, 0.2) is 30.3 Å². The number of rotatable bonds is 3. The van der Waals surface area contributed by atoms with E-state index >= 15 is 0 Å². The molecule has 2 aliphatic heterocycles. The van der Waals surface area contributed by atoms with E-state index in [1.165, 1.54) is 43.4 Å². The number of likely N-dealkylation sites (tertiary alicyclic amines) is 1. The molecule has 0 aromatic heterocycles. The quantitative estimate of drug-likeness (QED) is 0.708. The molecule has 1 aromatic carbocycles. The molecule has 0 spiro atoms. The molecule has 0 bridgehead atoms. The van der Waals surface area contributed by atoms with Crippen molar-refractivity contribution in [2.24, 2.45) is 5.92 Å². The maximum Gasteiger partial charge on any atom is 0.227 e. The fourth-order valence-corrected chi connectivity index (χ4v) is 5.05. The monoisotopic (exact) mass is 398 g/mol. The molecule has 0 radical (unpaired) electrons. The van der Waals surface area contributed by atoms with E-state index in [1.54, 1.807) is 12.1 Å². The molecule has 5 heteroatoms. The molecular formula is C24H31FN2O2. The molecular weight excluding hydrogens is 367 g/mol. The second-order valence-corrected chi connectivity index (χ2v) is 8.70. The smallest absolute Gasteiger partial charge is 0.227 e. The van der Waals surface area contributed by atoms with Gasteiger partial charge in [-0.3, -0.25) is 9.59 Å². The summed E-state index contributed by atoms with van der Waals surface area (Å²) in [5.74, 6) is 0.118. The molecule has 2 amide bonds. The minimum Gasteiger partial charge on any atom is -0.339 e. The second kappa shape index (κ2) is 9.10. The lowest BCUT2D eigenvalue weighted by molar-refractivity contribution is -0.144. The van der Waals surface area contributed by atoms with Crippen LogP contribution >= 0.6 is 0 Å². The summed E-state index contributed by atoms with van der Waals surface area (Å²) < 4.78 is 13.1. The van der Waals surface area contributed by atoms with Crippen LogP contribution < -0.4 is 0 Å². The van der Waals surface area contributed by atoms with E-state index in [0.717, 1.165) is 24.8 Å². The lowest BCUT2D eigenvalue weighted by Crippen LogP contribution is -2.51. The Bertz CT molecular complexity index is 766. The van der Waals surface area contributed by atoms with E-state index in [0.29, 0.717) is 38.5 Å². The first-order valence-corrected chi connectivity index (χ1v) is 11.1. The molecule has 156 valence electrons. The summed E-state index contributed by atoms with van der Waals surface area (Å²) in [5.41, 5.74) is 2.20. The van der Waals surface area contributed by atoms with Crippen LogP contribution in [0.3, 0.4) is 0 Å². The van der Waals surface area contributed by atoms with Crippen LogP contribution in [0, 0.1) is 11.7 Å². The van der Waals surface area contributed by atoms with Gasteiger partial charge in [-0.25, -0.2) is 4.39 Å². The normalized spacial score (nSPS) is 24.2. The van der Waals surface area contributed by atoms with E-state index in [9.17, 15) is 14.0 Å². The highest BCUT2D eigenvalue weighted by Gasteiger charge is 2.36. The van der Waals surface area contributed by atoms with E-state index < -0.39 is 0 Å². The fourth-order valence-electron chi connectivity index (χ4n) is 5.05. The van der Waals surface area contributed by atoms with Crippen LogP contribution in [-0.4, -0.2) is 47.3 Å². The number of amides is 2. The molecule has 3 aliphatic rings. The highest BCUT2D eigenvalue weighted by Crippen LogP contribution is 2.29. The van der Waals surface area contributed by atoms with Crippen LogP contribution in [0.2, 0.25) is 0 Å². The summed E-state index contributed by atoms with van der Waals surface area (Å²) in [6.07, 6.45) is 11.1. The third-order valence-electron chi connectivity index (χ3n) is 6.79. The van der Waals surface area contributed by atoms with Gasteiger partial charge in [0.2, 0.25) is 11.8 Å². The predicted molar refractivity (Wildman–Crippen MR) is 112 cm³/mol. The highest BCUT2D eigenvalue weighted by atomic mass is 19.1. The minimum absolute atomic E-state index is 0.0725. The topological polar surface area (TPSA) is 40.6 Å². The molecule has 1 aliphatic carbocycles. The van der Waals surface area contributed by atoms with Crippen molar-refractivity contribution in [3.63, 3.8) is 0 Å². The molecule has 1 saturated heterocycles. The number of benzene rings is 1. The van der Waals surface area contributed by atoms with Crippen LogP contribution in [-0.2, 0) is 9.59 Å². The van der Waals surface area contributed by atoms with Crippen molar-refractivity contribution in [3.8, 4) is 0 Å². The largest absolute Gasteiger partial charge is 0.339 e. The number of carbonyl (C=O) groups excluding carboxylic acids is 2. The molecule has 1 unspecified atom stereocenters. The van der Waals surface area contributed by atoms with E-state index in [2.05, 4.69) is 6.08 Å². The first-order chi connectivity index (χ1) is 14.1. The van der Waals surface area contributed by atoms with Gasteiger partial charge in [-0.05, 0) is 49.0 Å². The van der Waals surface area contributed by atoms with E-state index in [4.69, 9.17) is 0 Å². The van der Waals surface area contributed by atoms with Crippen molar-refractivity contribution < 1.29 is 14.0 Å². The summed E-state index contributed by atoms with van der Waals surface area (Å²) in [5, 5.41) is 0. The summed E-state index contributed by atoms with van der Waals surface area (Å²) in [6.45, 7) is 1.88. The molecule has 4 nitrogen and oxygen atoms in total. The van der Waals surface area contributed by atoms with Crippen molar-refractivity contribution in [2.75, 3.05) is 19.6 Å². The molecule has 1 saturated carbocycles. The third-order valence-corrected chi connectivity index (χ3v) is 6.79. The average molecular weight is 399 g/mol. The molecule has 0 N–H and O–H groups in total. The second-order valence-electron chi connectivity index (χ2n) is 8.70. The Hall–Kier alpha value is -2.17. The first kappa shape index (κ1) is 20.1. The van der Waals surface area contributed by atoms with Gasteiger partial charge in [0, 0.05) is 32.1 Å². The van der Waals surface area contributed by atoms with Gasteiger partial charge in [-0.15, -0.1) is 0 Å². The van der Waals surface area contributed by atoms with Crippen molar-refractivity contribution in [3.05, 3.63) is 41.7 Å². The van der Waals surface area contributed by atoms with Crippen molar-refractivity contribution >= 4 is 17.4 Å². The maximum atomic E-state index is 13.2. The van der Waals surface area contributed by atoms with Gasteiger partial charge in [0.25, 0.3) is 0 Å². The SMILES string of the molecule is O=C(C1CCC(=O)N(C2CCCCCC2)C1)N1CC=C(c2ccc(F)cc2)CC1. The summed E-state index contributed by atoms with van der Waals surface area (Å²) >= 11 is 0. The van der Waals surface area contributed by atoms with Gasteiger partial charge in [-0.1, -0.05) is 43.9 Å². The number of hydrogen-bond donors (Lipinski definition) is 0. The number of piperidine rings is 1. The van der Waals surface area contributed by atoms with Crippen molar-refractivity contribution in [2.45, 2.75) is 63.8 Å². The van der Waals surface area contributed by atoms with Gasteiger partial charge in [-0.2, -0.15) is 0 Å². The van der Waals surface area contributed by atoms with E-state index in [-0.39, 0.29) is 23.5 Å². The Labute approximate surface area is 172 Å². The maximum absolute atomic E-state index is 13.2. The summed E-state index contributed by atoms with van der Waals surface area (Å²) in [6, 6.07) is 6.89. The van der Waals surface area contributed by atoms with Gasteiger partial charge in [0.1, 0.15) is 5.82 Å². The molecule has 2 heterocycles. The third kappa shape index (κ3) is 4.71. The number of hydrogen-bond acceptors (Lipinski definition) is 2. The minimum atomic E-state index is -0.230. The first-order valence-electron chi connectivity index (χ1n) is 11.1. The van der Waals surface area contributed by atoms with Crippen LogP contribution in [0.4, 0.5) is 4.39 Å². The van der Waals surface area contributed by atoms with Crippen LogP contribution in [0.25, 0.3) is 5.57 Å². The van der Waals surface area contributed by atoms with Crippen LogP contribution in [0.5, 0.6) is 0 Å². The summed E-state index contributed by atoms with van der Waals surface area (Å²) in [7, 11) is 0. The standard InChI is InChI=1S/C24H31FN2O2/c25-21-10-7-18(8-11-21)19-13-15-26(16-14-19)24(29)20-9-12-23(28)27(17-20)22-5-3-1-2-4-6-22/h7-8,10-11,13,20,22H,1-6,9,12,14-17H2. The average Bonchev–Trinajstić information content (AvgIpc) is 3.04. The van der Waals surface area contributed by atoms with Gasteiger partial charge < -0.3 is 9.80 Å². The Balaban J connectivity index is 1.38. The Kier molecular flexibility index (Phi) is 6.31. The zero-order valence-electron chi connectivity index (χ0n) is 17.1. The highest BCUT2D eigenvalue weighted by molar-refractivity contribution is 5.85. The molecule has 29 heavy (non-hydrogen) atoms. The number of carbonyl (C=O) groups is 2. The van der Waals surface area contributed by atoms with Crippen molar-refractivity contribution in [1.29, 1.82) is 0 Å². The van der Waals surface area contributed by atoms with Gasteiger partial charge >= 0.3 is 0 Å². The van der Waals surface area contributed by atoms with Crippen LogP contribution in [0.1, 0.15) is 63.4 Å². The van der Waals surface area contributed by atoms with E-state index in [1.807, 2.05) is 9.80 Å². The van der Waals surface area contributed by atoms with Gasteiger partial charge in [0.15, 0.2) is 0 Å². The number of halogens is 1. The Morgan fingerprint density at radius 3 is 2.34 bits per heavy atom. The zero-order valence-corrected chi connectivity index (χ0v) is 17.1. The zero-order chi connectivity index (χ0) is 20.2. The molecule has 2 fully saturated rings. The molecule has 1 atom stereocenters. The lowest BCUT2D eigenvalue weighted by Gasteiger charge is -2.39. The predicted octanol–water partition coefficient (Wildman–Crippen LogP) is 4.40. The lowest BCUT2D eigenvalue weighted by atomic mass is 9.92. The molecule has 4 rings (SSSR count). The molecule has 1 aromatic rings. The van der Waals surface area contributed by atoms with Crippen molar-refractivity contribution in [1.82, 2.24) is 9.80 Å². The fraction of sp³-hybridized carbons (Fsp3) is 0.583. The van der Waals surface area contributed by atoms with Gasteiger partial charge in [0.05, 0.1) is 5.92 Å². The number of nitrogens with zero attached hydrogens (tertiary/aromatic N) is 2. The Morgan fingerprint density at radius 1 is 0.966 bits per heavy atom.